The van der Waals surface area contributed by atoms with E-state index in [0.717, 1.165) is 26.2 Å². The van der Waals surface area contributed by atoms with Crippen LogP contribution in [0.3, 0.4) is 0 Å². The van der Waals surface area contributed by atoms with Gasteiger partial charge in [-0.05, 0) is 23.5 Å². The van der Waals surface area contributed by atoms with E-state index in [4.69, 9.17) is 0 Å². The van der Waals surface area contributed by atoms with Crippen molar-refractivity contribution < 1.29 is 9.59 Å². The van der Waals surface area contributed by atoms with E-state index >= 15 is 0 Å². The molecule has 0 spiro atoms. The van der Waals surface area contributed by atoms with E-state index in [1.165, 1.54) is 11.3 Å². The number of piperazine rings is 1. The standard InChI is InChI=1S/C20H29N3O2/c1-20(2,3)15-7-5-6-8-16(15)22-11-13-23(14-12-22)19(25)17-9-10-18(24)21(17)4/h5-8,17H,9-14H2,1-4H3. The molecule has 2 fully saturated rings. The fourth-order valence-electron chi connectivity index (χ4n) is 3.86. The smallest absolute Gasteiger partial charge is 0.245 e. The van der Waals surface area contributed by atoms with Gasteiger partial charge in [-0.2, -0.15) is 0 Å². The van der Waals surface area contributed by atoms with Gasteiger partial charge in [-0.25, -0.2) is 0 Å². The SMILES string of the molecule is CN1C(=O)CCC1C(=O)N1CCN(c2ccccc2C(C)(C)C)CC1. The number of likely N-dealkylation sites (tertiary alicyclic amines) is 1. The molecule has 1 aromatic rings. The number of nitrogens with zero attached hydrogens (tertiary/aromatic N) is 3. The van der Waals surface area contributed by atoms with Gasteiger partial charge >= 0.3 is 0 Å². The summed E-state index contributed by atoms with van der Waals surface area (Å²) in [6.45, 7) is 9.81. The molecule has 0 N–H and O–H groups in total. The fourth-order valence-corrected chi connectivity index (χ4v) is 3.86. The van der Waals surface area contributed by atoms with Crippen LogP contribution < -0.4 is 4.90 Å². The molecule has 2 aliphatic heterocycles. The van der Waals surface area contributed by atoms with Gasteiger partial charge in [0.1, 0.15) is 6.04 Å². The summed E-state index contributed by atoms with van der Waals surface area (Å²) in [6, 6.07) is 8.30. The van der Waals surface area contributed by atoms with Gasteiger partial charge < -0.3 is 14.7 Å². The second-order valence-electron chi connectivity index (χ2n) is 8.14. The van der Waals surface area contributed by atoms with Gasteiger partial charge in [0.25, 0.3) is 0 Å². The molecule has 1 unspecified atom stereocenters. The van der Waals surface area contributed by atoms with Crippen LogP contribution in [-0.4, -0.2) is 60.9 Å². The van der Waals surface area contributed by atoms with Gasteiger partial charge in [0.15, 0.2) is 0 Å². The van der Waals surface area contributed by atoms with Crippen molar-refractivity contribution in [1.82, 2.24) is 9.80 Å². The number of benzene rings is 1. The largest absolute Gasteiger partial charge is 0.368 e. The molecular formula is C20H29N3O2. The Morgan fingerprint density at radius 1 is 1.08 bits per heavy atom. The minimum Gasteiger partial charge on any atom is -0.368 e. The van der Waals surface area contributed by atoms with E-state index in [-0.39, 0.29) is 23.3 Å². The third-order valence-electron chi connectivity index (χ3n) is 5.42. The average Bonchev–Trinajstić information content (AvgIpc) is 2.93. The lowest BCUT2D eigenvalue weighted by Gasteiger charge is -2.39. The van der Waals surface area contributed by atoms with Crippen molar-refractivity contribution in [3.05, 3.63) is 29.8 Å². The fraction of sp³-hybridized carbons (Fsp3) is 0.600. The first-order valence-electron chi connectivity index (χ1n) is 9.18. The highest BCUT2D eigenvalue weighted by atomic mass is 16.2. The quantitative estimate of drug-likeness (QED) is 0.827. The van der Waals surface area contributed by atoms with E-state index in [9.17, 15) is 9.59 Å². The summed E-state index contributed by atoms with van der Waals surface area (Å²) in [5.41, 5.74) is 2.71. The van der Waals surface area contributed by atoms with Crippen molar-refractivity contribution in [2.24, 2.45) is 0 Å². The lowest BCUT2D eigenvalue weighted by atomic mass is 9.85. The topological polar surface area (TPSA) is 43.9 Å². The van der Waals surface area contributed by atoms with Crippen LogP contribution in [0.5, 0.6) is 0 Å². The molecule has 0 aromatic heterocycles. The van der Waals surface area contributed by atoms with Crippen molar-refractivity contribution in [2.45, 2.75) is 45.1 Å². The number of rotatable bonds is 2. The summed E-state index contributed by atoms with van der Waals surface area (Å²) in [4.78, 5) is 30.4. The van der Waals surface area contributed by atoms with Crippen LogP contribution in [0.2, 0.25) is 0 Å². The predicted molar refractivity (Wildman–Crippen MR) is 99.7 cm³/mol. The van der Waals surface area contributed by atoms with Crippen molar-refractivity contribution in [2.75, 3.05) is 38.1 Å². The van der Waals surface area contributed by atoms with Crippen LogP contribution in [0, 0.1) is 0 Å². The second-order valence-corrected chi connectivity index (χ2v) is 8.14. The van der Waals surface area contributed by atoms with Gasteiger partial charge in [0, 0.05) is 45.3 Å². The molecule has 136 valence electrons. The van der Waals surface area contributed by atoms with E-state index in [0.29, 0.717) is 12.8 Å². The first-order valence-corrected chi connectivity index (χ1v) is 9.18. The van der Waals surface area contributed by atoms with E-state index in [1.807, 2.05) is 4.90 Å². The van der Waals surface area contributed by atoms with Gasteiger partial charge in [0.05, 0.1) is 0 Å². The molecule has 0 radical (unpaired) electrons. The summed E-state index contributed by atoms with van der Waals surface area (Å²) in [7, 11) is 1.74. The number of hydrogen-bond donors (Lipinski definition) is 0. The summed E-state index contributed by atoms with van der Waals surface area (Å²) >= 11 is 0. The predicted octanol–water partition coefficient (Wildman–Crippen LogP) is 2.25. The van der Waals surface area contributed by atoms with Gasteiger partial charge in [-0.3, -0.25) is 9.59 Å². The molecule has 0 bridgehead atoms. The van der Waals surface area contributed by atoms with Crippen LogP contribution in [0.25, 0.3) is 0 Å². The monoisotopic (exact) mass is 343 g/mol. The Balaban J connectivity index is 1.67. The Morgan fingerprint density at radius 2 is 1.72 bits per heavy atom. The Bertz CT molecular complexity index is 657. The van der Waals surface area contributed by atoms with Crippen molar-refractivity contribution in [3.8, 4) is 0 Å². The Morgan fingerprint density at radius 3 is 2.28 bits per heavy atom. The molecule has 2 amide bonds. The van der Waals surface area contributed by atoms with Crippen molar-refractivity contribution >= 4 is 17.5 Å². The van der Waals surface area contributed by atoms with Crippen LogP contribution in [0.4, 0.5) is 5.69 Å². The lowest BCUT2D eigenvalue weighted by Crippen LogP contribution is -2.53. The Kier molecular flexibility index (Phi) is 4.76. The molecule has 5 heteroatoms. The van der Waals surface area contributed by atoms with Crippen LogP contribution >= 0.6 is 0 Å². The number of amides is 2. The van der Waals surface area contributed by atoms with E-state index in [1.54, 1.807) is 11.9 Å². The summed E-state index contributed by atoms with van der Waals surface area (Å²) in [5.74, 6) is 0.188. The molecular weight excluding hydrogens is 314 g/mol. The minimum absolute atomic E-state index is 0.0797. The number of hydrogen-bond acceptors (Lipinski definition) is 3. The Labute approximate surface area is 150 Å². The first-order chi connectivity index (χ1) is 11.8. The maximum absolute atomic E-state index is 12.7. The molecule has 5 nitrogen and oxygen atoms in total. The average molecular weight is 343 g/mol. The van der Waals surface area contributed by atoms with E-state index < -0.39 is 0 Å². The zero-order valence-electron chi connectivity index (χ0n) is 15.8. The van der Waals surface area contributed by atoms with Crippen molar-refractivity contribution in [1.29, 1.82) is 0 Å². The lowest BCUT2D eigenvalue weighted by molar-refractivity contribution is -0.140. The third kappa shape index (κ3) is 3.51. The van der Waals surface area contributed by atoms with Gasteiger partial charge in [-0.15, -0.1) is 0 Å². The molecule has 2 aliphatic rings. The number of para-hydroxylation sites is 1. The maximum Gasteiger partial charge on any atom is 0.245 e. The van der Waals surface area contributed by atoms with Gasteiger partial charge in [0.2, 0.25) is 11.8 Å². The zero-order valence-corrected chi connectivity index (χ0v) is 15.8. The maximum atomic E-state index is 12.7. The Hall–Kier alpha value is -2.04. The molecule has 2 heterocycles. The third-order valence-corrected chi connectivity index (χ3v) is 5.42. The van der Waals surface area contributed by atoms with Crippen LogP contribution in [0.15, 0.2) is 24.3 Å². The summed E-state index contributed by atoms with van der Waals surface area (Å²) < 4.78 is 0. The first kappa shape index (κ1) is 17.8. The van der Waals surface area contributed by atoms with E-state index in [2.05, 4.69) is 49.9 Å². The number of carbonyl (C=O) groups excluding carboxylic acids is 2. The summed E-state index contributed by atoms with van der Waals surface area (Å²) in [6.07, 6.45) is 1.15. The molecule has 25 heavy (non-hydrogen) atoms. The number of likely N-dealkylation sites (N-methyl/N-ethyl adjacent to an activating group) is 1. The second kappa shape index (κ2) is 6.70. The molecule has 0 saturated carbocycles. The molecule has 2 saturated heterocycles. The number of carbonyl (C=O) groups is 2. The zero-order chi connectivity index (χ0) is 18.2. The van der Waals surface area contributed by atoms with Crippen molar-refractivity contribution in [3.63, 3.8) is 0 Å². The summed E-state index contributed by atoms with van der Waals surface area (Å²) in [5, 5.41) is 0. The minimum atomic E-state index is -0.263. The number of anilines is 1. The van der Waals surface area contributed by atoms with Crippen LogP contribution in [-0.2, 0) is 15.0 Å². The van der Waals surface area contributed by atoms with Gasteiger partial charge in [-0.1, -0.05) is 39.0 Å². The highest BCUT2D eigenvalue weighted by Crippen LogP contribution is 2.32. The highest BCUT2D eigenvalue weighted by molar-refractivity contribution is 5.90. The highest BCUT2D eigenvalue weighted by Gasteiger charge is 2.37. The normalized spacial score (nSPS) is 21.8. The van der Waals surface area contributed by atoms with Crippen LogP contribution in [0.1, 0.15) is 39.2 Å². The molecule has 3 rings (SSSR count). The molecule has 0 aliphatic carbocycles. The molecule has 1 atom stereocenters. The molecule has 1 aromatic carbocycles.